The molecule has 0 aliphatic heterocycles. The highest BCUT2D eigenvalue weighted by molar-refractivity contribution is 5.39. The first kappa shape index (κ1) is 12.4. The molecule has 0 heterocycles. The largest absolute Gasteiger partial charge is 0.493 e. The average Bonchev–Trinajstić information content (AvgIpc) is 2.27. The number of ether oxygens (including phenoxy) is 1. The summed E-state index contributed by atoms with van der Waals surface area (Å²) in [5.41, 5.74) is 2.35. The zero-order valence-electron chi connectivity index (χ0n) is 10.8. The lowest BCUT2D eigenvalue weighted by atomic mass is 9.86. The normalized spacial score (nSPS) is 17.6. The van der Waals surface area contributed by atoms with Crippen LogP contribution in [-0.4, -0.2) is 18.3 Å². The van der Waals surface area contributed by atoms with E-state index in [-0.39, 0.29) is 12.5 Å². The number of aryl methyl sites for hydroxylation is 1. The van der Waals surface area contributed by atoms with Crippen LogP contribution in [0.4, 0.5) is 0 Å². The fraction of sp³-hybridized carbons (Fsp3) is 0.600. The number of hydrogen-bond donors (Lipinski definition) is 1. The van der Waals surface area contributed by atoms with Crippen LogP contribution in [0.3, 0.4) is 0 Å². The Morgan fingerprint density at radius 3 is 2.76 bits per heavy atom. The minimum atomic E-state index is 0.145. The topological polar surface area (TPSA) is 29.5 Å². The molecule has 0 radical (unpaired) electrons. The molecule has 1 aromatic rings. The van der Waals surface area contributed by atoms with Gasteiger partial charge in [-0.25, -0.2) is 0 Å². The molecule has 1 saturated carbocycles. The smallest absolute Gasteiger partial charge is 0.122 e. The minimum Gasteiger partial charge on any atom is -0.493 e. The van der Waals surface area contributed by atoms with Gasteiger partial charge in [-0.05, 0) is 37.3 Å². The van der Waals surface area contributed by atoms with Crippen LogP contribution < -0.4 is 4.74 Å². The Balaban J connectivity index is 2.07. The molecule has 94 valence electrons. The predicted octanol–water partition coefficient (Wildman–Crippen LogP) is 3.27. The van der Waals surface area contributed by atoms with Crippen LogP contribution in [0.15, 0.2) is 18.2 Å². The van der Waals surface area contributed by atoms with E-state index in [4.69, 9.17) is 4.74 Å². The third kappa shape index (κ3) is 3.01. The Labute approximate surface area is 104 Å². The SMILES string of the molecule is Cc1ccc(OCC2CCC2)c(C(C)CO)c1. The van der Waals surface area contributed by atoms with Crippen molar-refractivity contribution in [2.75, 3.05) is 13.2 Å². The van der Waals surface area contributed by atoms with Gasteiger partial charge in [0, 0.05) is 12.5 Å². The van der Waals surface area contributed by atoms with E-state index in [9.17, 15) is 5.11 Å². The van der Waals surface area contributed by atoms with Gasteiger partial charge in [-0.3, -0.25) is 0 Å². The lowest BCUT2D eigenvalue weighted by molar-refractivity contribution is 0.177. The zero-order valence-corrected chi connectivity index (χ0v) is 10.8. The number of hydrogen-bond acceptors (Lipinski definition) is 2. The third-order valence-corrected chi connectivity index (χ3v) is 3.67. The van der Waals surface area contributed by atoms with Gasteiger partial charge in [0.15, 0.2) is 0 Å². The lowest BCUT2D eigenvalue weighted by Crippen LogP contribution is -2.20. The molecule has 17 heavy (non-hydrogen) atoms. The van der Waals surface area contributed by atoms with E-state index in [1.165, 1.54) is 24.8 Å². The monoisotopic (exact) mass is 234 g/mol. The molecule has 1 aromatic carbocycles. The zero-order chi connectivity index (χ0) is 12.3. The van der Waals surface area contributed by atoms with Crippen molar-refractivity contribution in [2.45, 2.75) is 39.0 Å². The Hall–Kier alpha value is -1.02. The quantitative estimate of drug-likeness (QED) is 0.847. The second kappa shape index (κ2) is 5.54. The highest BCUT2D eigenvalue weighted by Gasteiger charge is 2.19. The number of aliphatic hydroxyl groups is 1. The molecule has 2 rings (SSSR count). The summed E-state index contributed by atoms with van der Waals surface area (Å²) in [5.74, 6) is 1.84. The Kier molecular flexibility index (Phi) is 4.06. The van der Waals surface area contributed by atoms with Crippen LogP contribution in [0.1, 0.15) is 43.2 Å². The van der Waals surface area contributed by atoms with Gasteiger partial charge in [0.25, 0.3) is 0 Å². The highest BCUT2D eigenvalue weighted by atomic mass is 16.5. The van der Waals surface area contributed by atoms with Crippen molar-refractivity contribution >= 4 is 0 Å². The molecule has 0 spiro atoms. The van der Waals surface area contributed by atoms with E-state index in [2.05, 4.69) is 19.1 Å². The number of rotatable bonds is 5. The van der Waals surface area contributed by atoms with Crippen molar-refractivity contribution in [1.82, 2.24) is 0 Å². The maximum absolute atomic E-state index is 9.28. The third-order valence-electron chi connectivity index (χ3n) is 3.67. The molecule has 0 bridgehead atoms. The first-order valence-electron chi connectivity index (χ1n) is 6.55. The van der Waals surface area contributed by atoms with Gasteiger partial charge in [0.1, 0.15) is 5.75 Å². The molecule has 1 aliphatic rings. The van der Waals surface area contributed by atoms with Gasteiger partial charge in [0.2, 0.25) is 0 Å². The van der Waals surface area contributed by atoms with Gasteiger partial charge >= 0.3 is 0 Å². The van der Waals surface area contributed by atoms with Gasteiger partial charge in [-0.2, -0.15) is 0 Å². The molecular weight excluding hydrogens is 212 g/mol. The van der Waals surface area contributed by atoms with Crippen molar-refractivity contribution in [3.63, 3.8) is 0 Å². The summed E-state index contributed by atoms with van der Waals surface area (Å²) in [6, 6.07) is 6.23. The summed E-state index contributed by atoms with van der Waals surface area (Å²) in [4.78, 5) is 0. The van der Waals surface area contributed by atoms with E-state index in [1.807, 2.05) is 13.0 Å². The summed E-state index contributed by atoms with van der Waals surface area (Å²) in [6.45, 7) is 5.10. The van der Waals surface area contributed by atoms with Gasteiger partial charge in [-0.15, -0.1) is 0 Å². The van der Waals surface area contributed by atoms with Gasteiger partial charge in [0.05, 0.1) is 6.61 Å². The number of benzene rings is 1. The van der Waals surface area contributed by atoms with Crippen LogP contribution in [0.2, 0.25) is 0 Å². The molecule has 1 N–H and O–H groups in total. The highest BCUT2D eigenvalue weighted by Crippen LogP contribution is 2.31. The lowest BCUT2D eigenvalue weighted by Gasteiger charge is -2.26. The van der Waals surface area contributed by atoms with E-state index in [1.54, 1.807) is 0 Å². The average molecular weight is 234 g/mol. The van der Waals surface area contributed by atoms with Crippen molar-refractivity contribution in [1.29, 1.82) is 0 Å². The molecular formula is C15H22O2. The molecule has 1 fully saturated rings. The summed E-state index contributed by atoms with van der Waals surface area (Å²) in [5, 5.41) is 9.28. The van der Waals surface area contributed by atoms with Crippen LogP contribution >= 0.6 is 0 Å². The summed E-state index contributed by atoms with van der Waals surface area (Å²) in [6.07, 6.45) is 3.95. The second-order valence-corrected chi connectivity index (χ2v) is 5.23. The summed E-state index contributed by atoms with van der Waals surface area (Å²) >= 11 is 0. The van der Waals surface area contributed by atoms with E-state index in [0.717, 1.165) is 23.8 Å². The second-order valence-electron chi connectivity index (χ2n) is 5.23. The van der Waals surface area contributed by atoms with Crippen molar-refractivity contribution in [3.05, 3.63) is 29.3 Å². The molecule has 2 nitrogen and oxygen atoms in total. The summed E-state index contributed by atoms with van der Waals surface area (Å²) < 4.78 is 5.91. The molecule has 2 heteroatoms. The molecule has 0 aromatic heterocycles. The minimum absolute atomic E-state index is 0.145. The fourth-order valence-corrected chi connectivity index (χ4v) is 2.15. The Morgan fingerprint density at radius 1 is 1.41 bits per heavy atom. The Morgan fingerprint density at radius 2 is 2.18 bits per heavy atom. The van der Waals surface area contributed by atoms with Crippen molar-refractivity contribution in [2.24, 2.45) is 5.92 Å². The first-order chi connectivity index (χ1) is 8.20. The van der Waals surface area contributed by atoms with Crippen LogP contribution in [-0.2, 0) is 0 Å². The first-order valence-corrected chi connectivity index (χ1v) is 6.55. The molecule has 1 aliphatic carbocycles. The summed E-state index contributed by atoms with van der Waals surface area (Å²) in [7, 11) is 0. The Bertz CT molecular complexity index is 369. The van der Waals surface area contributed by atoms with E-state index < -0.39 is 0 Å². The maximum Gasteiger partial charge on any atom is 0.122 e. The van der Waals surface area contributed by atoms with Crippen molar-refractivity contribution < 1.29 is 9.84 Å². The molecule has 1 unspecified atom stereocenters. The number of aliphatic hydroxyl groups excluding tert-OH is 1. The standard InChI is InChI=1S/C15H22O2/c1-11-6-7-15(14(8-11)12(2)9-16)17-10-13-4-3-5-13/h6-8,12-13,16H,3-5,9-10H2,1-2H3. The van der Waals surface area contributed by atoms with Crippen molar-refractivity contribution in [3.8, 4) is 5.75 Å². The van der Waals surface area contributed by atoms with E-state index >= 15 is 0 Å². The predicted molar refractivity (Wildman–Crippen MR) is 69.5 cm³/mol. The maximum atomic E-state index is 9.28. The fourth-order valence-electron chi connectivity index (χ4n) is 2.15. The van der Waals surface area contributed by atoms with Crippen LogP contribution in [0, 0.1) is 12.8 Å². The van der Waals surface area contributed by atoms with Crippen LogP contribution in [0.25, 0.3) is 0 Å². The molecule has 0 saturated heterocycles. The van der Waals surface area contributed by atoms with Crippen LogP contribution in [0.5, 0.6) is 5.75 Å². The van der Waals surface area contributed by atoms with Gasteiger partial charge < -0.3 is 9.84 Å². The molecule has 0 amide bonds. The molecule has 1 atom stereocenters. The van der Waals surface area contributed by atoms with E-state index in [0.29, 0.717) is 0 Å². The van der Waals surface area contributed by atoms with Gasteiger partial charge in [-0.1, -0.05) is 31.0 Å².